The summed E-state index contributed by atoms with van der Waals surface area (Å²) in [5, 5.41) is 0. The molecule has 2 rings (SSSR count). The summed E-state index contributed by atoms with van der Waals surface area (Å²) in [6, 6.07) is 12.1. The molecule has 106 valence electrons. The largest absolute Gasteiger partial charge is 0.497 e. The Morgan fingerprint density at radius 3 is 2.40 bits per heavy atom. The molecule has 0 saturated carbocycles. The van der Waals surface area contributed by atoms with Gasteiger partial charge in [-0.25, -0.2) is 4.98 Å². The van der Waals surface area contributed by atoms with Gasteiger partial charge in [-0.1, -0.05) is 6.07 Å². The van der Waals surface area contributed by atoms with E-state index in [4.69, 9.17) is 10.5 Å². The monoisotopic (exact) mass is 271 g/mol. The van der Waals surface area contributed by atoms with E-state index in [1.807, 2.05) is 55.4 Å². The number of hydrogen-bond acceptors (Lipinski definition) is 4. The lowest BCUT2D eigenvalue weighted by Crippen LogP contribution is -2.18. The SMILES string of the molecule is COc1ccc(N(C)c2ccc(CC(C)N)cn2)cc1. The van der Waals surface area contributed by atoms with Crippen molar-refractivity contribution in [1.82, 2.24) is 4.98 Å². The maximum Gasteiger partial charge on any atom is 0.132 e. The van der Waals surface area contributed by atoms with Crippen LogP contribution in [0, 0.1) is 0 Å². The molecule has 0 fully saturated rings. The van der Waals surface area contributed by atoms with Gasteiger partial charge in [-0.15, -0.1) is 0 Å². The van der Waals surface area contributed by atoms with Crippen molar-refractivity contribution >= 4 is 11.5 Å². The van der Waals surface area contributed by atoms with Gasteiger partial charge in [-0.05, 0) is 49.2 Å². The molecule has 20 heavy (non-hydrogen) atoms. The second kappa shape index (κ2) is 6.39. The van der Waals surface area contributed by atoms with E-state index in [1.54, 1.807) is 7.11 Å². The zero-order chi connectivity index (χ0) is 14.5. The molecule has 1 aromatic heterocycles. The molecule has 0 radical (unpaired) electrons. The van der Waals surface area contributed by atoms with Crippen molar-refractivity contribution in [2.45, 2.75) is 19.4 Å². The molecule has 0 saturated heterocycles. The average Bonchev–Trinajstić information content (AvgIpc) is 2.47. The lowest BCUT2D eigenvalue weighted by molar-refractivity contribution is 0.415. The Balaban J connectivity index is 2.13. The zero-order valence-electron chi connectivity index (χ0n) is 12.2. The molecule has 4 nitrogen and oxygen atoms in total. The Hall–Kier alpha value is -2.07. The fourth-order valence-electron chi connectivity index (χ4n) is 2.05. The molecular weight excluding hydrogens is 250 g/mol. The molecule has 1 aromatic carbocycles. The summed E-state index contributed by atoms with van der Waals surface area (Å²) in [6.07, 6.45) is 2.73. The molecule has 2 aromatic rings. The summed E-state index contributed by atoms with van der Waals surface area (Å²) in [4.78, 5) is 6.53. The Bertz CT molecular complexity index is 535. The maximum absolute atomic E-state index is 5.79. The first-order valence-corrected chi connectivity index (χ1v) is 6.68. The van der Waals surface area contributed by atoms with E-state index < -0.39 is 0 Å². The van der Waals surface area contributed by atoms with Gasteiger partial charge in [0.25, 0.3) is 0 Å². The summed E-state index contributed by atoms with van der Waals surface area (Å²) in [7, 11) is 3.66. The van der Waals surface area contributed by atoms with Gasteiger partial charge in [0.2, 0.25) is 0 Å². The maximum atomic E-state index is 5.79. The van der Waals surface area contributed by atoms with Crippen LogP contribution in [0.3, 0.4) is 0 Å². The molecule has 0 aliphatic rings. The van der Waals surface area contributed by atoms with Crippen LogP contribution in [-0.2, 0) is 6.42 Å². The van der Waals surface area contributed by atoms with Gasteiger partial charge in [0, 0.05) is 25.0 Å². The topological polar surface area (TPSA) is 51.4 Å². The highest BCUT2D eigenvalue weighted by molar-refractivity contribution is 5.59. The quantitative estimate of drug-likeness (QED) is 0.908. The fourth-order valence-corrected chi connectivity index (χ4v) is 2.05. The number of ether oxygens (including phenoxy) is 1. The molecule has 2 N–H and O–H groups in total. The van der Waals surface area contributed by atoms with E-state index in [0.29, 0.717) is 0 Å². The van der Waals surface area contributed by atoms with Crippen molar-refractivity contribution in [2.75, 3.05) is 19.1 Å². The minimum absolute atomic E-state index is 0.155. The third-order valence-corrected chi connectivity index (χ3v) is 3.17. The second-order valence-corrected chi connectivity index (χ2v) is 4.96. The van der Waals surface area contributed by atoms with E-state index in [1.165, 1.54) is 0 Å². The van der Waals surface area contributed by atoms with E-state index in [0.717, 1.165) is 29.2 Å². The van der Waals surface area contributed by atoms with Crippen molar-refractivity contribution in [3.63, 3.8) is 0 Å². The first-order valence-electron chi connectivity index (χ1n) is 6.68. The van der Waals surface area contributed by atoms with Gasteiger partial charge in [0.05, 0.1) is 7.11 Å². The van der Waals surface area contributed by atoms with Crippen LogP contribution in [0.15, 0.2) is 42.6 Å². The lowest BCUT2D eigenvalue weighted by Gasteiger charge is -2.19. The minimum atomic E-state index is 0.155. The first-order chi connectivity index (χ1) is 9.60. The molecule has 0 spiro atoms. The highest BCUT2D eigenvalue weighted by atomic mass is 16.5. The van der Waals surface area contributed by atoms with Crippen LogP contribution < -0.4 is 15.4 Å². The normalized spacial score (nSPS) is 12.0. The molecular formula is C16H21N3O. The average molecular weight is 271 g/mol. The van der Waals surface area contributed by atoms with Crippen molar-refractivity contribution < 1.29 is 4.74 Å². The van der Waals surface area contributed by atoms with E-state index >= 15 is 0 Å². The summed E-state index contributed by atoms with van der Waals surface area (Å²) in [5.41, 5.74) is 8.02. The standard InChI is InChI=1S/C16H21N3O/c1-12(17)10-13-4-9-16(18-11-13)19(2)14-5-7-15(20-3)8-6-14/h4-9,11-12H,10,17H2,1-3H3. The number of nitrogens with two attached hydrogens (primary N) is 1. The molecule has 0 bridgehead atoms. The minimum Gasteiger partial charge on any atom is -0.497 e. The van der Waals surface area contributed by atoms with E-state index in [-0.39, 0.29) is 6.04 Å². The molecule has 1 unspecified atom stereocenters. The zero-order valence-corrected chi connectivity index (χ0v) is 12.2. The third-order valence-electron chi connectivity index (χ3n) is 3.17. The van der Waals surface area contributed by atoms with Crippen LogP contribution in [0.1, 0.15) is 12.5 Å². The first kappa shape index (κ1) is 14.3. The van der Waals surface area contributed by atoms with Crippen LogP contribution in [0.5, 0.6) is 5.75 Å². The molecule has 1 atom stereocenters. The molecule has 1 heterocycles. The van der Waals surface area contributed by atoms with Gasteiger partial charge in [0.15, 0.2) is 0 Å². The summed E-state index contributed by atoms with van der Waals surface area (Å²) in [6.45, 7) is 2.00. The number of pyridine rings is 1. The Morgan fingerprint density at radius 1 is 1.20 bits per heavy atom. The van der Waals surface area contributed by atoms with E-state index in [2.05, 4.69) is 11.1 Å². The molecule has 0 aliphatic carbocycles. The number of aromatic nitrogens is 1. The summed E-state index contributed by atoms with van der Waals surface area (Å²) < 4.78 is 5.16. The Labute approximate surface area is 120 Å². The number of anilines is 2. The number of rotatable bonds is 5. The molecule has 4 heteroatoms. The van der Waals surface area contributed by atoms with Crippen molar-refractivity contribution in [3.8, 4) is 5.75 Å². The second-order valence-electron chi connectivity index (χ2n) is 4.96. The number of methoxy groups -OCH3 is 1. The van der Waals surface area contributed by atoms with Crippen LogP contribution >= 0.6 is 0 Å². The fraction of sp³-hybridized carbons (Fsp3) is 0.312. The van der Waals surface area contributed by atoms with Crippen LogP contribution in [0.4, 0.5) is 11.5 Å². The van der Waals surface area contributed by atoms with E-state index in [9.17, 15) is 0 Å². The lowest BCUT2D eigenvalue weighted by atomic mass is 10.1. The smallest absolute Gasteiger partial charge is 0.132 e. The number of benzene rings is 1. The van der Waals surface area contributed by atoms with Crippen molar-refractivity contribution in [2.24, 2.45) is 5.73 Å². The Kier molecular flexibility index (Phi) is 4.58. The Morgan fingerprint density at radius 2 is 1.90 bits per heavy atom. The van der Waals surface area contributed by atoms with Gasteiger partial charge in [-0.3, -0.25) is 0 Å². The third kappa shape index (κ3) is 3.48. The number of nitrogens with zero attached hydrogens (tertiary/aromatic N) is 2. The van der Waals surface area contributed by atoms with Crippen LogP contribution in [0.2, 0.25) is 0 Å². The van der Waals surface area contributed by atoms with Crippen molar-refractivity contribution in [1.29, 1.82) is 0 Å². The van der Waals surface area contributed by atoms with Gasteiger partial charge < -0.3 is 15.4 Å². The predicted octanol–water partition coefficient (Wildman–Crippen LogP) is 2.75. The van der Waals surface area contributed by atoms with Crippen LogP contribution in [-0.4, -0.2) is 25.2 Å². The molecule has 0 aliphatic heterocycles. The highest BCUT2D eigenvalue weighted by Gasteiger charge is 2.06. The highest BCUT2D eigenvalue weighted by Crippen LogP contribution is 2.24. The van der Waals surface area contributed by atoms with Crippen molar-refractivity contribution in [3.05, 3.63) is 48.2 Å². The predicted molar refractivity (Wildman–Crippen MR) is 82.6 cm³/mol. The summed E-state index contributed by atoms with van der Waals surface area (Å²) in [5.74, 6) is 1.76. The van der Waals surface area contributed by atoms with Crippen LogP contribution in [0.25, 0.3) is 0 Å². The number of hydrogen-bond donors (Lipinski definition) is 1. The van der Waals surface area contributed by atoms with Gasteiger partial charge in [0.1, 0.15) is 11.6 Å². The van der Waals surface area contributed by atoms with Gasteiger partial charge >= 0.3 is 0 Å². The summed E-state index contributed by atoms with van der Waals surface area (Å²) >= 11 is 0. The molecule has 0 amide bonds. The van der Waals surface area contributed by atoms with Gasteiger partial charge in [-0.2, -0.15) is 0 Å².